The molecule has 1 aliphatic carbocycles. The van der Waals surface area contributed by atoms with Crippen LogP contribution in [0.15, 0.2) is 47.4 Å². The van der Waals surface area contributed by atoms with Gasteiger partial charge < -0.3 is 9.84 Å². The minimum absolute atomic E-state index is 0.00795. The monoisotopic (exact) mass is 511 g/mol. The summed E-state index contributed by atoms with van der Waals surface area (Å²) in [6.07, 6.45) is 3.16. The van der Waals surface area contributed by atoms with E-state index >= 15 is 0 Å². The van der Waals surface area contributed by atoms with Crippen LogP contribution in [0.25, 0.3) is 10.9 Å². The quantitative estimate of drug-likeness (QED) is 0.480. The zero-order chi connectivity index (χ0) is 25.6. The molecule has 192 valence electrons. The van der Waals surface area contributed by atoms with Gasteiger partial charge in [0.1, 0.15) is 5.75 Å². The third kappa shape index (κ3) is 4.50. The Hall–Kier alpha value is -2.91. The molecule has 2 aliphatic rings. The Morgan fingerprint density at radius 2 is 1.86 bits per heavy atom. The highest BCUT2D eigenvalue weighted by molar-refractivity contribution is 7.89. The van der Waals surface area contributed by atoms with Crippen LogP contribution in [0.2, 0.25) is 0 Å². The zero-order valence-corrected chi connectivity index (χ0v) is 21.7. The first kappa shape index (κ1) is 24.8. The van der Waals surface area contributed by atoms with E-state index in [9.17, 15) is 18.3 Å². The van der Waals surface area contributed by atoms with Gasteiger partial charge in [-0.05, 0) is 68.5 Å². The molecule has 2 heterocycles. The standard InChI is InChI=1S/C27H33N3O5S/c1-17(2)35-20-10-12-21(13-11-20)36(33,34)29-15-22(19-7-5-8-19)25(16-29)30-24-9-4-6-18(3)27(24)23(28-30)14-26(31)32/h4,6,9-13,17,19,22,25H,5,7-8,14-16H2,1-3H3,(H,31,32)/t22?,25-/m0/s1. The minimum atomic E-state index is -3.71. The molecule has 36 heavy (non-hydrogen) atoms. The number of carbonyl (C=O) groups is 1. The molecule has 2 atom stereocenters. The zero-order valence-electron chi connectivity index (χ0n) is 20.9. The maximum Gasteiger partial charge on any atom is 0.309 e. The van der Waals surface area contributed by atoms with E-state index < -0.39 is 16.0 Å². The van der Waals surface area contributed by atoms with E-state index in [-0.39, 0.29) is 29.4 Å². The summed E-state index contributed by atoms with van der Waals surface area (Å²) in [5.74, 6) is 0.267. The van der Waals surface area contributed by atoms with Crippen molar-refractivity contribution in [3.8, 4) is 5.75 Å². The number of rotatable bonds is 8. The maximum atomic E-state index is 13.7. The molecule has 1 saturated heterocycles. The van der Waals surface area contributed by atoms with Crippen molar-refractivity contribution in [2.24, 2.45) is 11.8 Å². The molecule has 0 spiro atoms. The lowest BCUT2D eigenvalue weighted by atomic mass is 9.74. The van der Waals surface area contributed by atoms with E-state index in [1.807, 2.05) is 43.7 Å². The lowest BCUT2D eigenvalue weighted by Crippen LogP contribution is -2.31. The highest BCUT2D eigenvalue weighted by atomic mass is 32.2. The Morgan fingerprint density at radius 1 is 1.14 bits per heavy atom. The van der Waals surface area contributed by atoms with Crippen LogP contribution < -0.4 is 4.74 Å². The van der Waals surface area contributed by atoms with Gasteiger partial charge in [-0.3, -0.25) is 9.48 Å². The largest absolute Gasteiger partial charge is 0.491 e. The summed E-state index contributed by atoms with van der Waals surface area (Å²) in [6.45, 7) is 6.56. The van der Waals surface area contributed by atoms with Crippen LogP contribution in [-0.4, -0.2) is 52.8 Å². The molecule has 0 radical (unpaired) electrons. The van der Waals surface area contributed by atoms with Gasteiger partial charge in [-0.1, -0.05) is 31.4 Å². The molecule has 0 bridgehead atoms. The number of fused-ring (bicyclic) bond motifs is 1. The van der Waals surface area contributed by atoms with Gasteiger partial charge in [0.2, 0.25) is 10.0 Å². The van der Waals surface area contributed by atoms with Crippen LogP contribution in [0.5, 0.6) is 5.75 Å². The number of sulfonamides is 1. The highest BCUT2D eigenvalue weighted by Crippen LogP contribution is 2.45. The van der Waals surface area contributed by atoms with Gasteiger partial charge in [0.05, 0.1) is 34.7 Å². The first-order valence-corrected chi connectivity index (χ1v) is 14.0. The number of aliphatic carboxylic acids is 1. The summed E-state index contributed by atoms with van der Waals surface area (Å²) in [5.41, 5.74) is 2.38. The molecule has 1 N–H and O–H groups in total. The lowest BCUT2D eigenvalue weighted by molar-refractivity contribution is -0.136. The normalized spacial score (nSPS) is 21.2. The topological polar surface area (TPSA) is 102 Å². The summed E-state index contributed by atoms with van der Waals surface area (Å²) in [7, 11) is -3.71. The van der Waals surface area contributed by atoms with Gasteiger partial charge in [0.15, 0.2) is 0 Å². The van der Waals surface area contributed by atoms with Gasteiger partial charge in [-0.15, -0.1) is 0 Å². The van der Waals surface area contributed by atoms with E-state index in [0.717, 1.165) is 35.7 Å². The van der Waals surface area contributed by atoms with Gasteiger partial charge in [0, 0.05) is 18.5 Å². The Bertz CT molecular complexity index is 1380. The molecule has 3 aromatic rings. The molecule has 1 saturated carbocycles. The number of aromatic nitrogens is 2. The van der Waals surface area contributed by atoms with Crippen molar-refractivity contribution >= 4 is 26.9 Å². The molecule has 9 heteroatoms. The van der Waals surface area contributed by atoms with Crippen LogP contribution >= 0.6 is 0 Å². The van der Waals surface area contributed by atoms with Gasteiger partial charge in [-0.2, -0.15) is 9.40 Å². The molecule has 0 amide bonds. The van der Waals surface area contributed by atoms with Crippen LogP contribution in [0, 0.1) is 18.8 Å². The van der Waals surface area contributed by atoms with E-state index in [1.54, 1.807) is 28.6 Å². The lowest BCUT2D eigenvalue weighted by Gasteiger charge is -2.34. The van der Waals surface area contributed by atoms with Crippen molar-refractivity contribution in [2.75, 3.05) is 13.1 Å². The molecule has 1 aromatic heterocycles. The smallest absolute Gasteiger partial charge is 0.309 e. The highest BCUT2D eigenvalue weighted by Gasteiger charge is 2.46. The van der Waals surface area contributed by atoms with Gasteiger partial charge in [-0.25, -0.2) is 8.42 Å². The number of ether oxygens (including phenoxy) is 1. The molecule has 1 aliphatic heterocycles. The molecule has 1 unspecified atom stereocenters. The van der Waals surface area contributed by atoms with Crippen molar-refractivity contribution < 1.29 is 23.1 Å². The minimum Gasteiger partial charge on any atom is -0.491 e. The number of hydrogen-bond acceptors (Lipinski definition) is 5. The van der Waals surface area contributed by atoms with Crippen LogP contribution in [0.1, 0.15) is 50.4 Å². The second kappa shape index (κ2) is 9.52. The van der Waals surface area contributed by atoms with Crippen LogP contribution in [0.3, 0.4) is 0 Å². The second-order valence-corrected chi connectivity index (χ2v) is 12.3. The summed E-state index contributed by atoms with van der Waals surface area (Å²) in [5, 5.41) is 15.1. The molecule has 2 fully saturated rings. The molecule has 8 nitrogen and oxygen atoms in total. The van der Waals surface area contributed by atoms with Crippen LogP contribution in [-0.2, 0) is 21.2 Å². The van der Waals surface area contributed by atoms with E-state index in [1.165, 1.54) is 0 Å². The molecule has 2 aromatic carbocycles. The number of benzene rings is 2. The number of carboxylic acids is 1. The number of aryl methyl sites for hydroxylation is 1. The fourth-order valence-electron chi connectivity index (χ4n) is 5.65. The average molecular weight is 512 g/mol. The molecular formula is C27H33N3O5S. The van der Waals surface area contributed by atoms with Gasteiger partial charge >= 0.3 is 5.97 Å². The summed E-state index contributed by atoms with van der Waals surface area (Å²) in [4.78, 5) is 11.8. The van der Waals surface area contributed by atoms with Crippen molar-refractivity contribution in [3.63, 3.8) is 0 Å². The van der Waals surface area contributed by atoms with Crippen molar-refractivity contribution in [3.05, 3.63) is 53.7 Å². The third-order valence-corrected chi connectivity index (χ3v) is 9.38. The second-order valence-electron chi connectivity index (χ2n) is 10.3. The first-order valence-electron chi connectivity index (χ1n) is 12.6. The summed E-state index contributed by atoms with van der Waals surface area (Å²) < 4.78 is 36.5. The average Bonchev–Trinajstić information content (AvgIpc) is 3.35. The number of hydrogen-bond donors (Lipinski definition) is 1. The fourth-order valence-corrected chi connectivity index (χ4v) is 7.14. The van der Waals surface area contributed by atoms with Crippen molar-refractivity contribution in [1.82, 2.24) is 14.1 Å². The Balaban J connectivity index is 1.51. The maximum absolute atomic E-state index is 13.7. The third-order valence-electron chi connectivity index (χ3n) is 7.54. The Kier molecular flexibility index (Phi) is 6.55. The van der Waals surface area contributed by atoms with E-state index in [2.05, 4.69) is 0 Å². The fraction of sp³-hybridized carbons (Fsp3) is 0.481. The summed E-state index contributed by atoms with van der Waals surface area (Å²) >= 11 is 0. The predicted molar refractivity (Wildman–Crippen MR) is 137 cm³/mol. The van der Waals surface area contributed by atoms with Crippen molar-refractivity contribution in [1.29, 1.82) is 0 Å². The number of nitrogens with zero attached hydrogens (tertiary/aromatic N) is 3. The van der Waals surface area contributed by atoms with Crippen molar-refractivity contribution in [2.45, 2.75) is 63.5 Å². The summed E-state index contributed by atoms with van der Waals surface area (Å²) in [6, 6.07) is 12.3. The Morgan fingerprint density at radius 3 is 2.47 bits per heavy atom. The predicted octanol–water partition coefficient (Wildman–Crippen LogP) is 4.42. The Labute approximate surface area is 211 Å². The van der Waals surface area contributed by atoms with E-state index in [4.69, 9.17) is 9.84 Å². The molecular weight excluding hydrogens is 478 g/mol. The van der Waals surface area contributed by atoms with Crippen LogP contribution in [0.4, 0.5) is 0 Å². The SMILES string of the molecule is Cc1cccc2c1c(CC(=O)O)nn2[C@H]1CN(S(=O)(=O)c2ccc(OC(C)C)cc2)CC1C1CCC1. The molecule has 5 rings (SSSR count). The van der Waals surface area contributed by atoms with E-state index in [0.29, 0.717) is 30.5 Å². The number of carboxylic acid groups (broad SMARTS) is 1. The first-order chi connectivity index (χ1) is 17.1. The van der Waals surface area contributed by atoms with Gasteiger partial charge in [0.25, 0.3) is 0 Å².